The van der Waals surface area contributed by atoms with Gasteiger partial charge in [-0.2, -0.15) is 0 Å². The third-order valence-corrected chi connectivity index (χ3v) is 4.44. The molecular weight excluding hydrogens is 296 g/mol. The third kappa shape index (κ3) is 3.60. The van der Waals surface area contributed by atoms with Gasteiger partial charge in [-0.05, 0) is 42.0 Å². The second-order valence-corrected chi connectivity index (χ2v) is 6.02. The van der Waals surface area contributed by atoms with Gasteiger partial charge in [0.1, 0.15) is 0 Å². The third-order valence-electron chi connectivity index (χ3n) is 4.44. The molecule has 22 heavy (non-hydrogen) atoms. The van der Waals surface area contributed by atoms with Crippen LogP contribution in [0.25, 0.3) is 10.8 Å². The molecule has 3 rings (SSSR count). The van der Waals surface area contributed by atoms with Crippen molar-refractivity contribution in [3.8, 4) is 0 Å². The molecule has 0 bridgehead atoms. The summed E-state index contributed by atoms with van der Waals surface area (Å²) in [7, 11) is 0. The maximum atomic E-state index is 12.4. The highest BCUT2D eigenvalue weighted by atomic mass is 35.5. The van der Waals surface area contributed by atoms with Gasteiger partial charge >= 0.3 is 0 Å². The van der Waals surface area contributed by atoms with Crippen LogP contribution in [0.2, 0.25) is 0 Å². The summed E-state index contributed by atoms with van der Waals surface area (Å²) in [4.78, 5) is 12.4. The summed E-state index contributed by atoms with van der Waals surface area (Å²) < 4.78 is 0. The van der Waals surface area contributed by atoms with Gasteiger partial charge < -0.3 is 11.1 Å². The summed E-state index contributed by atoms with van der Waals surface area (Å²) in [5.41, 5.74) is 6.81. The van der Waals surface area contributed by atoms with E-state index < -0.39 is 0 Å². The summed E-state index contributed by atoms with van der Waals surface area (Å²) in [6.45, 7) is 2.49. The molecule has 2 aromatic carbocycles. The summed E-state index contributed by atoms with van der Waals surface area (Å²) in [6, 6.07) is 14.6. The number of carbonyl (C=O) groups excluding carboxylic acids is 1. The predicted octanol–water partition coefficient (Wildman–Crippen LogP) is 3.22. The first kappa shape index (κ1) is 16.8. The number of halogens is 1. The van der Waals surface area contributed by atoms with E-state index in [2.05, 4.69) is 29.6 Å². The number of nitrogens with two attached hydrogens (primary N) is 1. The summed E-state index contributed by atoms with van der Waals surface area (Å²) >= 11 is 0. The monoisotopic (exact) mass is 318 g/mol. The van der Waals surface area contributed by atoms with E-state index in [1.54, 1.807) is 0 Å². The van der Waals surface area contributed by atoms with E-state index in [0.717, 1.165) is 5.56 Å². The summed E-state index contributed by atoms with van der Waals surface area (Å²) in [6.07, 6.45) is 2.37. The number of amides is 1. The molecule has 3 nitrogen and oxygen atoms in total. The van der Waals surface area contributed by atoms with Crippen LogP contribution >= 0.6 is 12.4 Å². The lowest BCUT2D eigenvalue weighted by molar-refractivity contribution is -0.123. The zero-order chi connectivity index (χ0) is 14.8. The van der Waals surface area contributed by atoms with Gasteiger partial charge in [-0.3, -0.25) is 4.79 Å². The van der Waals surface area contributed by atoms with Gasteiger partial charge in [0.25, 0.3) is 0 Å². The molecule has 1 aliphatic carbocycles. The minimum absolute atomic E-state index is 0. The molecule has 0 aromatic heterocycles. The van der Waals surface area contributed by atoms with Crippen molar-refractivity contribution in [2.75, 3.05) is 6.54 Å². The van der Waals surface area contributed by atoms with Crippen LogP contribution in [0.1, 0.15) is 31.2 Å². The van der Waals surface area contributed by atoms with E-state index in [9.17, 15) is 4.79 Å². The highest BCUT2D eigenvalue weighted by Crippen LogP contribution is 2.32. The van der Waals surface area contributed by atoms with Crippen molar-refractivity contribution >= 4 is 29.1 Å². The molecule has 0 heterocycles. The first-order valence-corrected chi connectivity index (χ1v) is 7.68. The second-order valence-electron chi connectivity index (χ2n) is 6.02. The van der Waals surface area contributed by atoms with E-state index in [1.165, 1.54) is 23.6 Å². The maximum absolute atomic E-state index is 12.4. The second kappa shape index (κ2) is 7.12. The molecular formula is C18H23ClN2O. The molecule has 1 saturated carbocycles. The fraction of sp³-hybridized carbons (Fsp3) is 0.389. The lowest BCUT2D eigenvalue weighted by Crippen LogP contribution is -2.43. The molecule has 1 fully saturated rings. The van der Waals surface area contributed by atoms with Crippen molar-refractivity contribution in [3.05, 3.63) is 48.0 Å². The van der Waals surface area contributed by atoms with Crippen molar-refractivity contribution in [2.45, 2.75) is 31.7 Å². The molecule has 1 amide bonds. The lowest BCUT2D eigenvalue weighted by Gasteiger charge is -2.19. The molecule has 2 aromatic rings. The molecule has 0 aliphatic heterocycles. The molecule has 118 valence electrons. The Morgan fingerprint density at radius 2 is 1.91 bits per heavy atom. The Kier molecular flexibility index (Phi) is 5.43. The fourth-order valence-corrected chi connectivity index (χ4v) is 2.80. The van der Waals surface area contributed by atoms with Crippen LogP contribution in [0, 0.1) is 5.92 Å². The average molecular weight is 319 g/mol. The maximum Gasteiger partial charge on any atom is 0.227 e. The van der Waals surface area contributed by atoms with Gasteiger partial charge in [0.05, 0.1) is 5.92 Å². The Bertz CT molecular complexity index is 654. The van der Waals surface area contributed by atoms with Crippen molar-refractivity contribution in [3.63, 3.8) is 0 Å². The molecule has 0 radical (unpaired) electrons. The van der Waals surface area contributed by atoms with Gasteiger partial charge in [-0.1, -0.05) is 42.5 Å². The first-order chi connectivity index (χ1) is 10.2. The van der Waals surface area contributed by atoms with Crippen LogP contribution in [-0.2, 0) is 4.79 Å². The van der Waals surface area contributed by atoms with Gasteiger partial charge in [0.15, 0.2) is 0 Å². The van der Waals surface area contributed by atoms with Crippen LogP contribution in [0.5, 0.6) is 0 Å². The predicted molar refractivity (Wildman–Crippen MR) is 93.3 cm³/mol. The van der Waals surface area contributed by atoms with Gasteiger partial charge in [-0.25, -0.2) is 0 Å². The number of benzene rings is 2. The van der Waals surface area contributed by atoms with Crippen molar-refractivity contribution in [2.24, 2.45) is 11.7 Å². The Hall–Kier alpha value is -1.58. The topological polar surface area (TPSA) is 55.1 Å². The van der Waals surface area contributed by atoms with Gasteiger partial charge in [0.2, 0.25) is 5.91 Å². The minimum Gasteiger partial charge on any atom is -0.351 e. The van der Waals surface area contributed by atoms with Crippen molar-refractivity contribution in [1.29, 1.82) is 0 Å². The molecule has 2 atom stereocenters. The number of carbonyl (C=O) groups is 1. The minimum atomic E-state index is -0.151. The smallest absolute Gasteiger partial charge is 0.227 e. The largest absolute Gasteiger partial charge is 0.351 e. The quantitative estimate of drug-likeness (QED) is 0.889. The molecule has 1 aliphatic rings. The SMILES string of the molecule is CC(C(=O)NC(CN)C1CC1)c1ccc2ccccc2c1.Cl. The van der Waals surface area contributed by atoms with Crippen LogP contribution in [0.4, 0.5) is 0 Å². The zero-order valence-corrected chi connectivity index (χ0v) is 13.6. The number of fused-ring (bicyclic) bond motifs is 1. The lowest BCUT2D eigenvalue weighted by atomic mass is 9.96. The Balaban J connectivity index is 0.00000176. The number of hydrogen-bond acceptors (Lipinski definition) is 2. The molecule has 3 N–H and O–H groups in total. The molecule has 0 saturated heterocycles. The molecule has 2 unspecified atom stereocenters. The van der Waals surface area contributed by atoms with Gasteiger partial charge in [0, 0.05) is 12.6 Å². The number of rotatable bonds is 5. The fourth-order valence-electron chi connectivity index (χ4n) is 2.80. The van der Waals surface area contributed by atoms with Crippen LogP contribution < -0.4 is 11.1 Å². The van der Waals surface area contributed by atoms with E-state index >= 15 is 0 Å². The van der Waals surface area contributed by atoms with Crippen LogP contribution in [0.15, 0.2) is 42.5 Å². The first-order valence-electron chi connectivity index (χ1n) is 7.68. The van der Waals surface area contributed by atoms with E-state index in [4.69, 9.17) is 5.73 Å². The Morgan fingerprint density at radius 3 is 2.55 bits per heavy atom. The summed E-state index contributed by atoms with van der Waals surface area (Å²) in [5, 5.41) is 5.48. The molecule has 4 heteroatoms. The number of nitrogens with one attached hydrogen (secondary N) is 1. The standard InChI is InChI=1S/C18H22N2O.ClH/c1-12(18(21)20-17(11-19)14-7-8-14)15-9-6-13-4-2-3-5-16(13)10-15;/h2-6,9-10,12,14,17H,7-8,11,19H2,1H3,(H,20,21);1H. The van der Waals surface area contributed by atoms with E-state index in [1.807, 2.05) is 25.1 Å². The van der Waals surface area contributed by atoms with E-state index in [-0.39, 0.29) is 30.3 Å². The van der Waals surface area contributed by atoms with Crippen LogP contribution in [-0.4, -0.2) is 18.5 Å². The highest BCUT2D eigenvalue weighted by molar-refractivity contribution is 5.87. The van der Waals surface area contributed by atoms with Crippen molar-refractivity contribution in [1.82, 2.24) is 5.32 Å². The zero-order valence-electron chi connectivity index (χ0n) is 12.8. The average Bonchev–Trinajstić information content (AvgIpc) is 3.36. The van der Waals surface area contributed by atoms with Crippen LogP contribution in [0.3, 0.4) is 0 Å². The normalized spacial score (nSPS) is 16.6. The highest BCUT2D eigenvalue weighted by Gasteiger charge is 2.32. The van der Waals surface area contributed by atoms with Crippen molar-refractivity contribution < 1.29 is 4.79 Å². The van der Waals surface area contributed by atoms with E-state index in [0.29, 0.717) is 12.5 Å². The Labute approximate surface area is 137 Å². The Morgan fingerprint density at radius 1 is 1.23 bits per heavy atom. The molecule has 0 spiro atoms. The van der Waals surface area contributed by atoms with Gasteiger partial charge in [-0.15, -0.1) is 12.4 Å². The number of hydrogen-bond donors (Lipinski definition) is 2. The summed E-state index contributed by atoms with van der Waals surface area (Å²) in [5.74, 6) is 0.512.